The van der Waals surface area contributed by atoms with Crippen molar-refractivity contribution in [2.24, 2.45) is 0 Å². The van der Waals surface area contributed by atoms with Gasteiger partial charge in [0, 0.05) is 6.20 Å². The molecule has 8 heteroatoms. The number of fused-ring (bicyclic) bond motifs is 1. The third kappa shape index (κ3) is 3.13. The monoisotopic (exact) mass is 367 g/mol. The Balaban J connectivity index is 1.77. The Morgan fingerprint density at radius 2 is 2.00 bits per heavy atom. The second-order valence-electron chi connectivity index (χ2n) is 5.36. The summed E-state index contributed by atoms with van der Waals surface area (Å²) in [4.78, 5) is 24.2. The van der Waals surface area contributed by atoms with Crippen molar-refractivity contribution >= 4 is 44.1 Å². The predicted molar refractivity (Wildman–Crippen MR) is 99.0 cm³/mol. The van der Waals surface area contributed by atoms with Gasteiger partial charge in [-0.05, 0) is 42.7 Å². The van der Waals surface area contributed by atoms with Crippen molar-refractivity contribution in [2.45, 2.75) is 13.5 Å². The van der Waals surface area contributed by atoms with Gasteiger partial charge in [0.2, 0.25) is 0 Å². The summed E-state index contributed by atoms with van der Waals surface area (Å²) in [7, 11) is 0. The number of anilines is 1. The van der Waals surface area contributed by atoms with Crippen LogP contribution in [0.4, 0.5) is 5.13 Å². The summed E-state index contributed by atoms with van der Waals surface area (Å²) in [5, 5.41) is 4.60. The van der Waals surface area contributed by atoms with Crippen LogP contribution >= 0.6 is 22.9 Å². The molecule has 3 aromatic heterocycles. The zero-order valence-corrected chi connectivity index (χ0v) is 14.9. The average Bonchev–Trinajstić information content (AvgIpc) is 3.25. The van der Waals surface area contributed by atoms with Crippen molar-refractivity contribution < 1.29 is 4.79 Å². The normalized spacial score (nSPS) is 10.9. The number of aryl methyl sites for hydroxylation is 1. The zero-order valence-electron chi connectivity index (χ0n) is 13.3. The molecule has 0 aliphatic heterocycles. The highest BCUT2D eigenvalue weighted by atomic mass is 32.1. The minimum absolute atomic E-state index is 0.155. The highest BCUT2D eigenvalue weighted by Crippen LogP contribution is 2.31. The second kappa shape index (κ2) is 6.66. The molecule has 124 valence electrons. The van der Waals surface area contributed by atoms with Gasteiger partial charge in [0.05, 0.1) is 28.1 Å². The molecule has 0 saturated carbocycles. The Kier molecular flexibility index (Phi) is 4.21. The van der Waals surface area contributed by atoms with E-state index in [0.717, 1.165) is 27.4 Å². The molecule has 25 heavy (non-hydrogen) atoms. The Labute approximate surface area is 152 Å². The van der Waals surface area contributed by atoms with E-state index in [9.17, 15) is 4.79 Å². The molecule has 6 nitrogen and oxygen atoms in total. The van der Waals surface area contributed by atoms with Gasteiger partial charge in [-0.1, -0.05) is 34.0 Å². The predicted octanol–water partition coefficient (Wildman–Crippen LogP) is 3.70. The fraction of sp³-hybridized carbons (Fsp3) is 0.118. The SMILES string of the molecule is Cc1nnsc1C(=O)N(Cc1ccccn1)c1nc2ccccc2s1. The number of nitrogens with zero attached hydrogens (tertiary/aromatic N) is 5. The van der Waals surface area contributed by atoms with E-state index in [-0.39, 0.29) is 5.91 Å². The summed E-state index contributed by atoms with van der Waals surface area (Å²) in [5.41, 5.74) is 2.30. The molecular weight excluding hydrogens is 354 g/mol. The number of benzene rings is 1. The van der Waals surface area contributed by atoms with Gasteiger partial charge in [0.25, 0.3) is 5.91 Å². The van der Waals surface area contributed by atoms with E-state index in [1.165, 1.54) is 11.3 Å². The summed E-state index contributed by atoms with van der Waals surface area (Å²) < 4.78 is 4.92. The Morgan fingerprint density at radius 1 is 1.16 bits per heavy atom. The van der Waals surface area contributed by atoms with E-state index >= 15 is 0 Å². The van der Waals surface area contributed by atoms with Gasteiger partial charge in [0.1, 0.15) is 4.88 Å². The van der Waals surface area contributed by atoms with Gasteiger partial charge in [0.15, 0.2) is 5.13 Å². The van der Waals surface area contributed by atoms with Crippen LogP contribution < -0.4 is 4.90 Å². The number of amides is 1. The molecule has 0 fully saturated rings. The molecule has 0 atom stereocenters. The number of pyridine rings is 1. The summed E-state index contributed by atoms with van der Waals surface area (Å²) in [6, 6.07) is 13.5. The largest absolute Gasteiger partial charge is 0.277 e. The number of hydrogen-bond donors (Lipinski definition) is 0. The number of thiazole rings is 1. The minimum Gasteiger partial charge on any atom is -0.277 e. The molecule has 0 radical (unpaired) electrons. The first-order valence-corrected chi connectivity index (χ1v) is 9.17. The number of para-hydroxylation sites is 1. The number of hydrogen-bond acceptors (Lipinski definition) is 7. The van der Waals surface area contributed by atoms with Crippen LogP contribution in [0.25, 0.3) is 10.2 Å². The molecule has 4 rings (SSSR count). The molecule has 0 bridgehead atoms. The first-order chi connectivity index (χ1) is 12.2. The highest BCUT2D eigenvalue weighted by molar-refractivity contribution is 7.22. The molecule has 1 aromatic carbocycles. The van der Waals surface area contributed by atoms with E-state index in [2.05, 4.69) is 19.6 Å². The lowest BCUT2D eigenvalue weighted by molar-refractivity contribution is 0.0988. The molecule has 0 spiro atoms. The first kappa shape index (κ1) is 15.8. The van der Waals surface area contributed by atoms with Crippen LogP contribution in [-0.4, -0.2) is 25.5 Å². The first-order valence-electron chi connectivity index (χ1n) is 7.58. The highest BCUT2D eigenvalue weighted by Gasteiger charge is 2.25. The van der Waals surface area contributed by atoms with Crippen LogP contribution in [0.1, 0.15) is 21.1 Å². The molecule has 1 amide bonds. The number of aromatic nitrogens is 4. The molecule has 0 aliphatic rings. The van der Waals surface area contributed by atoms with Crippen LogP contribution in [0.2, 0.25) is 0 Å². The fourth-order valence-electron chi connectivity index (χ4n) is 2.41. The van der Waals surface area contributed by atoms with Crippen molar-refractivity contribution in [1.82, 2.24) is 19.6 Å². The van der Waals surface area contributed by atoms with E-state index in [4.69, 9.17) is 0 Å². The van der Waals surface area contributed by atoms with Crippen molar-refractivity contribution in [3.8, 4) is 0 Å². The number of rotatable bonds is 4. The van der Waals surface area contributed by atoms with Crippen molar-refractivity contribution in [2.75, 3.05) is 4.90 Å². The molecular formula is C17H13N5OS2. The summed E-state index contributed by atoms with van der Waals surface area (Å²) in [6.07, 6.45) is 1.72. The topological polar surface area (TPSA) is 71.9 Å². The van der Waals surface area contributed by atoms with E-state index in [0.29, 0.717) is 22.2 Å². The Morgan fingerprint density at radius 3 is 2.72 bits per heavy atom. The van der Waals surface area contributed by atoms with E-state index in [1.807, 2.05) is 42.5 Å². The fourth-order valence-corrected chi connectivity index (χ4v) is 3.98. The maximum atomic E-state index is 13.1. The second-order valence-corrected chi connectivity index (χ2v) is 7.13. The molecule has 0 aliphatic carbocycles. The van der Waals surface area contributed by atoms with Crippen molar-refractivity contribution in [1.29, 1.82) is 0 Å². The van der Waals surface area contributed by atoms with Gasteiger partial charge >= 0.3 is 0 Å². The number of carbonyl (C=O) groups excluding carboxylic acids is 1. The van der Waals surface area contributed by atoms with Crippen LogP contribution in [-0.2, 0) is 6.54 Å². The summed E-state index contributed by atoms with van der Waals surface area (Å²) >= 11 is 2.59. The van der Waals surface area contributed by atoms with Crippen molar-refractivity contribution in [3.63, 3.8) is 0 Å². The van der Waals surface area contributed by atoms with Gasteiger partial charge in [-0.15, -0.1) is 5.10 Å². The lowest BCUT2D eigenvalue weighted by atomic mass is 10.3. The maximum Gasteiger partial charge on any atom is 0.274 e. The molecule has 0 saturated heterocycles. The van der Waals surface area contributed by atoms with Crippen LogP contribution in [0.3, 0.4) is 0 Å². The maximum absolute atomic E-state index is 13.1. The smallest absolute Gasteiger partial charge is 0.274 e. The van der Waals surface area contributed by atoms with Gasteiger partial charge in [-0.25, -0.2) is 4.98 Å². The van der Waals surface area contributed by atoms with Crippen molar-refractivity contribution in [3.05, 3.63) is 64.9 Å². The Bertz CT molecular complexity index is 995. The third-order valence-electron chi connectivity index (χ3n) is 3.65. The van der Waals surface area contributed by atoms with Gasteiger partial charge in [-0.2, -0.15) is 0 Å². The van der Waals surface area contributed by atoms with Gasteiger partial charge < -0.3 is 0 Å². The average molecular weight is 367 g/mol. The third-order valence-corrected chi connectivity index (χ3v) is 5.53. The molecule has 4 aromatic rings. The summed E-state index contributed by atoms with van der Waals surface area (Å²) in [5.74, 6) is -0.155. The van der Waals surface area contributed by atoms with E-state index < -0.39 is 0 Å². The molecule has 3 heterocycles. The molecule has 0 unspecified atom stereocenters. The van der Waals surface area contributed by atoms with Crippen LogP contribution in [0, 0.1) is 6.92 Å². The van der Waals surface area contributed by atoms with E-state index in [1.54, 1.807) is 18.0 Å². The number of carbonyl (C=O) groups is 1. The minimum atomic E-state index is -0.155. The van der Waals surface area contributed by atoms with Crippen LogP contribution in [0.5, 0.6) is 0 Å². The zero-order chi connectivity index (χ0) is 17.2. The standard InChI is InChI=1S/C17H13N5OS2/c1-11-15(25-21-20-11)16(23)22(10-12-6-4-5-9-18-12)17-19-13-7-2-3-8-14(13)24-17/h2-9H,10H2,1H3. The molecule has 0 N–H and O–H groups in total. The van der Waals surface area contributed by atoms with Crippen LogP contribution in [0.15, 0.2) is 48.7 Å². The quantitative estimate of drug-likeness (QED) is 0.550. The Hall–Kier alpha value is -2.71. The van der Waals surface area contributed by atoms with Gasteiger partial charge in [-0.3, -0.25) is 14.7 Å². The lowest BCUT2D eigenvalue weighted by Gasteiger charge is -2.18. The lowest BCUT2D eigenvalue weighted by Crippen LogP contribution is -2.30. The summed E-state index contributed by atoms with van der Waals surface area (Å²) in [6.45, 7) is 2.13.